The van der Waals surface area contributed by atoms with Crippen molar-refractivity contribution in [2.24, 2.45) is 0 Å². The number of aryl methyl sites for hydroxylation is 1. The Morgan fingerprint density at radius 3 is 2.53 bits per heavy atom. The molecule has 0 fully saturated rings. The summed E-state index contributed by atoms with van der Waals surface area (Å²) in [6.45, 7) is 11.7. The minimum absolute atomic E-state index is 0.107. The molecule has 0 aromatic carbocycles. The Hall–Kier alpha value is -0.700. The van der Waals surface area contributed by atoms with Gasteiger partial charge in [-0.1, -0.05) is 39.9 Å². The zero-order chi connectivity index (χ0) is 11.6. The van der Waals surface area contributed by atoms with Gasteiger partial charge in [-0.25, -0.2) is 0 Å². The first-order valence-electron chi connectivity index (χ1n) is 5.43. The van der Waals surface area contributed by atoms with Crippen LogP contribution in [0.1, 0.15) is 51.9 Å². The molecule has 0 radical (unpaired) electrons. The summed E-state index contributed by atoms with van der Waals surface area (Å²) in [6, 6.07) is 2.18. The molecular weight excluding hydrogens is 204 g/mol. The Morgan fingerprint density at radius 1 is 1.53 bits per heavy atom. The predicted molar refractivity (Wildman–Crippen MR) is 68.7 cm³/mol. The van der Waals surface area contributed by atoms with E-state index < -0.39 is 0 Å². The lowest BCUT2D eigenvalue weighted by atomic mass is 9.91. The maximum Gasteiger partial charge on any atom is 0.0681 e. The Labute approximate surface area is 97.7 Å². The summed E-state index contributed by atoms with van der Waals surface area (Å²) in [5, 5.41) is 6.42. The summed E-state index contributed by atoms with van der Waals surface area (Å²) in [4.78, 5) is 0. The number of aromatic nitrogens is 2. The van der Waals surface area contributed by atoms with Gasteiger partial charge in [-0.15, -0.1) is 0 Å². The number of rotatable bonds is 3. The highest BCUT2D eigenvalue weighted by molar-refractivity contribution is 7.79. The van der Waals surface area contributed by atoms with Gasteiger partial charge in [0.2, 0.25) is 0 Å². The minimum atomic E-state index is 0.107. The van der Waals surface area contributed by atoms with Gasteiger partial charge in [0.1, 0.15) is 0 Å². The molecular formula is C12H20N2S. The van der Waals surface area contributed by atoms with Crippen LogP contribution in [0.15, 0.2) is 6.07 Å². The van der Waals surface area contributed by atoms with Crippen molar-refractivity contribution in [3.8, 4) is 0 Å². The van der Waals surface area contributed by atoms with E-state index in [0.717, 1.165) is 12.2 Å². The first-order valence-corrected chi connectivity index (χ1v) is 5.90. The second kappa shape index (κ2) is 4.44. The van der Waals surface area contributed by atoms with E-state index in [-0.39, 0.29) is 5.41 Å². The highest BCUT2D eigenvalue weighted by Crippen LogP contribution is 2.24. The maximum atomic E-state index is 5.00. The molecule has 0 saturated heterocycles. The minimum Gasteiger partial charge on any atom is -0.269 e. The molecule has 0 saturated carbocycles. The van der Waals surface area contributed by atoms with E-state index in [9.17, 15) is 0 Å². The molecule has 84 valence electrons. The summed E-state index contributed by atoms with van der Waals surface area (Å²) < 4.78 is 2.05. The van der Waals surface area contributed by atoms with Gasteiger partial charge in [-0.2, -0.15) is 5.10 Å². The zero-order valence-corrected chi connectivity index (χ0v) is 11.1. The average Bonchev–Trinajstić information content (AvgIpc) is 2.59. The van der Waals surface area contributed by atoms with Crippen molar-refractivity contribution < 1.29 is 0 Å². The number of hydrogen-bond acceptors (Lipinski definition) is 2. The molecule has 1 unspecified atom stereocenters. The van der Waals surface area contributed by atoms with Crippen LogP contribution < -0.4 is 0 Å². The molecule has 1 rings (SSSR count). The Kier molecular flexibility index (Phi) is 3.66. The quantitative estimate of drug-likeness (QED) is 0.733. The van der Waals surface area contributed by atoms with Gasteiger partial charge < -0.3 is 0 Å². The lowest BCUT2D eigenvalue weighted by Gasteiger charge is -2.14. The number of nitrogens with zero attached hydrogens (tertiary/aromatic N) is 2. The van der Waals surface area contributed by atoms with Gasteiger partial charge >= 0.3 is 0 Å². The van der Waals surface area contributed by atoms with Crippen molar-refractivity contribution in [1.82, 2.24) is 9.78 Å². The summed E-state index contributed by atoms with van der Waals surface area (Å²) in [5.41, 5.74) is 2.47. The average molecular weight is 224 g/mol. The molecule has 2 nitrogen and oxygen atoms in total. The van der Waals surface area contributed by atoms with E-state index in [0.29, 0.717) is 5.92 Å². The Bertz CT molecular complexity index is 347. The third-order valence-electron chi connectivity index (χ3n) is 2.55. The van der Waals surface area contributed by atoms with E-state index in [2.05, 4.69) is 45.8 Å². The standard InChI is InChI=1S/C12H20N2S/c1-6-14-10(9(2)8-15)7-11(13-14)12(3,4)5/h7-9H,6H2,1-5H3. The largest absolute Gasteiger partial charge is 0.269 e. The molecule has 0 amide bonds. The van der Waals surface area contributed by atoms with E-state index >= 15 is 0 Å². The van der Waals surface area contributed by atoms with Crippen molar-refractivity contribution in [2.75, 3.05) is 0 Å². The second-order valence-corrected chi connectivity index (χ2v) is 5.22. The van der Waals surface area contributed by atoms with Crippen LogP contribution in [-0.2, 0) is 12.0 Å². The first kappa shape index (κ1) is 12.4. The molecule has 0 aliphatic rings. The summed E-state index contributed by atoms with van der Waals surface area (Å²) in [5.74, 6) is 0.295. The summed E-state index contributed by atoms with van der Waals surface area (Å²) in [6.07, 6.45) is 0. The first-order chi connectivity index (χ1) is 6.90. The molecule has 0 bridgehead atoms. The fraction of sp³-hybridized carbons (Fsp3) is 0.667. The topological polar surface area (TPSA) is 17.8 Å². The van der Waals surface area contributed by atoms with Gasteiger partial charge in [0.05, 0.1) is 5.69 Å². The molecule has 0 spiro atoms. The Balaban J connectivity index is 3.17. The zero-order valence-electron chi connectivity index (χ0n) is 10.2. The van der Waals surface area contributed by atoms with Crippen molar-refractivity contribution in [3.05, 3.63) is 17.5 Å². The normalized spacial score (nSPS) is 13.9. The SMILES string of the molecule is CCn1nc(C(C)(C)C)cc1C(C)C=S. The molecule has 1 heterocycles. The van der Waals surface area contributed by atoms with Crippen LogP contribution in [-0.4, -0.2) is 15.1 Å². The molecule has 3 heteroatoms. The molecule has 0 aliphatic heterocycles. The van der Waals surface area contributed by atoms with Crippen LogP contribution in [0.5, 0.6) is 0 Å². The maximum absolute atomic E-state index is 5.00. The molecule has 1 atom stereocenters. The monoisotopic (exact) mass is 224 g/mol. The Morgan fingerprint density at radius 2 is 2.13 bits per heavy atom. The van der Waals surface area contributed by atoms with Gasteiger partial charge in [-0.05, 0) is 18.4 Å². The third-order valence-corrected chi connectivity index (χ3v) is 2.96. The van der Waals surface area contributed by atoms with Gasteiger partial charge in [0.25, 0.3) is 0 Å². The highest BCUT2D eigenvalue weighted by atomic mass is 32.1. The van der Waals surface area contributed by atoms with Gasteiger partial charge in [0.15, 0.2) is 0 Å². The van der Waals surface area contributed by atoms with Gasteiger partial charge in [-0.3, -0.25) is 4.68 Å². The third kappa shape index (κ3) is 2.65. The fourth-order valence-electron chi connectivity index (χ4n) is 1.49. The number of thiocarbonyl (C=S) groups is 1. The van der Waals surface area contributed by atoms with Crippen molar-refractivity contribution >= 4 is 17.6 Å². The van der Waals surface area contributed by atoms with Crippen LogP contribution in [0.25, 0.3) is 0 Å². The van der Waals surface area contributed by atoms with Crippen molar-refractivity contribution in [2.45, 2.75) is 52.5 Å². The van der Waals surface area contributed by atoms with Crippen LogP contribution in [0, 0.1) is 0 Å². The van der Waals surface area contributed by atoms with E-state index in [1.165, 1.54) is 5.69 Å². The summed E-state index contributed by atoms with van der Waals surface area (Å²) in [7, 11) is 0. The fourth-order valence-corrected chi connectivity index (χ4v) is 1.63. The molecule has 1 aromatic rings. The van der Waals surface area contributed by atoms with Crippen LogP contribution >= 0.6 is 12.2 Å². The van der Waals surface area contributed by atoms with E-state index in [1.54, 1.807) is 5.37 Å². The lowest BCUT2D eigenvalue weighted by Crippen LogP contribution is -2.12. The molecule has 0 aliphatic carbocycles. The lowest BCUT2D eigenvalue weighted by molar-refractivity contribution is 0.535. The molecule has 15 heavy (non-hydrogen) atoms. The molecule has 0 N–H and O–H groups in total. The van der Waals surface area contributed by atoms with Crippen LogP contribution in [0.3, 0.4) is 0 Å². The predicted octanol–water partition coefficient (Wildman–Crippen LogP) is 3.30. The van der Waals surface area contributed by atoms with Crippen molar-refractivity contribution in [1.29, 1.82) is 0 Å². The van der Waals surface area contributed by atoms with Crippen LogP contribution in [0.2, 0.25) is 0 Å². The van der Waals surface area contributed by atoms with Crippen LogP contribution in [0.4, 0.5) is 0 Å². The second-order valence-electron chi connectivity index (χ2n) is 4.94. The van der Waals surface area contributed by atoms with E-state index in [1.807, 2.05) is 4.68 Å². The summed E-state index contributed by atoms with van der Waals surface area (Å²) >= 11 is 5.00. The highest BCUT2D eigenvalue weighted by Gasteiger charge is 2.20. The molecule has 1 aromatic heterocycles. The van der Waals surface area contributed by atoms with E-state index in [4.69, 9.17) is 12.2 Å². The smallest absolute Gasteiger partial charge is 0.0681 e. The van der Waals surface area contributed by atoms with Gasteiger partial charge in [0, 0.05) is 23.6 Å². The number of hydrogen-bond donors (Lipinski definition) is 0. The van der Waals surface area contributed by atoms with Crippen molar-refractivity contribution in [3.63, 3.8) is 0 Å².